The van der Waals surface area contributed by atoms with Crippen LogP contribution in [0.15, 0.2) is 24.3 Å². The highest BCUT2D eigenvalue weighted by Gasteiger charge is 2.07. The van der Waals surface area contributed by atoms with E-state index in [1.54, 1.807) is 6.07 Å². The summed E-state index contributed by atoms with van der Waals surface area (Å²) in [5.74, 6) is 0. The molecule has 0 radical (unpaired) electrons. The van der Waals surface area contributed by atoms with Crippen molar-refractivity contribution in [1.29, 1.82) is 0 Å². The molecule has 0 aliphatic heterocycles. The molecule has 0 fully saturated rings. The maximum Gasteiger partial charge on any atom is 0.332 e. The second kappa shape index (κ2) is 3.23. The zero-order valence-electron chi connectivity index (χ0n) is 5.68. The summed E-state index contributed by atoms with van der Waals surface area (Å²) in [5, 5.41) is 0. The standard InChI is InChI=1S/C8H6F2O/c9-5-6-3-1-2-4-7(6)8(10)11/h1-4H,5H2. The molecule has 1 rings (SSSR count). The first kappa shape index (κ1) is 7.85. The van der Waals surface area contributed by atoms with E-state index in [0.29, 0.717) is 0 Å². The summed E-state index contributed by atoms with van der Waals surface area (Å²) in [4.78, 5) is 10.2. The van der Waals surface area contributed by atoms with Crippen LogP contribution in [-0.4, -0.2) is 6.04 Å². The summed E-state index contributed by atoms with van der Waals surface area (Å²) < 4.78 is 24.1. The predicted molar refractivity (Wildman–Crippen MR) is 36.7 cm³/mol. The van der Waals surface area contributed by atoms with Gasteiger partial charge in [0.1, 0.15) is 6.67 Å². The van der Waals surface area contributed by atoms with Crippen LogP contribution in [0.2, 0.25) is 0 Å². The van der Waals surface area contributed by atoms with Crippen LogP contribution in [0.4, 0.5) is 8.78 Å². The van der Waals surface area contributed by atoms with Gasteiger partial charge in [0, 0.05) is 0 Å². The zero-order chi connectivity index (χ0) is 8.27. The van der Waals surface area contributed by atoms with Crippen molar-refractivity contribution in [3.05, 3.63) is 35.4 Å². The van der Waals surface area contributed by atoms with E-state index in [1.807, 2.05) is 0 Å². The average molecular weight is 156 g/mol. The maximum atomic E-state index is 12.1. The van der Waals surface area contributed by atoms with Crippen molar-refractivity contribution in [3.8, 4) is 0 Å². The molecule has 0 unspecified atom stereocenters. The van der Waals surface area contributed by atoms with Gasteiger partial charge in [0.15, 0.2) is 0 Å². The minimum absolute atomic E-state index is 0.0972. The zero-order valence-corrected chi connectivity index (χ0v) is 5.68. The third-order valence-electron chi connectivity index (χ3n) is 1.37. The third kappa shape index (κ3) is 1.61. The van der Waals surface area contributed by atoms with E-state index in [-0.39, 0.29) is 11.1 Å². The topological polar surface area (TPSA) is 17.1 Å². The number of carbonyl (C=O) groups excluding carboxylic acids is 1. The summed E-state index contributed by atoms with van der Waals surface area (Å²) in [7, 11) is 0. The van der Waals surface area contributed by atoms with E-state index in [2.05, 4.69) is 0 Å². The van der Waals surface area contributed by atoms with Crippen molar-refractivity contribution in [2.75, 3.05) is 0 Å². The Balaban J connectivity index is 3.12. The molecule has 0 bridgehead atoms. The van der Waals surface area contributed by atoms with E-state index in [1.165, 1.54) is 18.2 Å². The molecule has 0 saturated heterocycles. The minimum atomic E-state index is -1.58. The van der Waals surface area contributed by atoms with Crippen LogP contribution in [0.25, 0.3) is 0 Å². The highest BCUT2D eigenvalue weighted by molar-refractivity contribution is 5.89. The predicted octanol–water partition coefficient (Wildman–Crippen LogP) is 2.27. The van der Waals surface area contributed by atoms with Crippen LogP contribution in [0.3, 0.4) is 0 Å². The quantitative estimate of drug-likeness (QED) is 0.600. The van der Waals surface area contributed by atoms with Gasteiger partial charge < -0.3 is 0 Å². The molecule has 0 amide bonds. The SMILES string of the molecule is O=C(F)c1ccccc1CF. The molecule has 3 heteroatoms. The van der Waals surface area contributed by atoms with Gasteiger partial charge in [-0.2, -0.15) is 4.39 Å². The minimum Gasteiger partial charge on any atom is -0.255 e. The fourth-order valence-electron chi connectivity index (χ4n) is 0.829. The number of hydrogen-bond acceptors (Lipinski definition) is 1. The number of halogens is 2. The van der Waals surface area contributed by atoms with Gasteiger partial charge in [-0.25, -0.2) is 4.39 Å². The van der Waals surface area contributed by atoms with Crippen LogP contribution in [0.1, 0.15) is 15.9 Å². The van der Waals surface area contributed by atoms with E-state index in [4.69, 9.17) is 0 Å². The molecule has 1 aromatic carbocycles. The number of alkyl halides is 1. The largest absolute Gasteiger partial charge is 0.332 e. The summed E-state index contributed by atoms with van der Waals surface area (Å²) >= 11 is 0. The van der Waals surface area contributed by atoms with E-state index >= 15 is 0 Å². The normalized spacial score (nSPS) is 9.64. The molecular formula is C8H6F2O. The lowest BCUT2D eigenvalue weighted by Crippen LogP contribution is -1.95. The lowest BCUT2D eigenvalue weighted by molar-refractivity contribution is 0.0834. The Kier molecular flexibility index (Phi) is 2.31. The Bertz CT molecular complexity index is 271. The van der Waals surface area contributed by atoms with Gasteiger partial charge in [0.05, 0.1) is 5.56 Å². The van der Waals surface area contributed by atoms with Gasteiger partial charge in [0.25, 0.3) is 0 Å². The first-order valence-electron chi connectivity index (χ1n) is 3.09. The highest BCUT2D eigenvalue weighted by Crippen LogP contribution is 2.10. The second-order valence-electron chi connectivity index (χ2n) is 2.06. The summed E-state index contributed by atoms with van der Waals surface area (Å²) in [6.45, 7) is -0.814. The van der Waals surface area contributed by atoms with Crippen LogP contribution < -0.4 is 0 Å². The van der Waals surface area contributed by atoms with Crippen molar-refractivity contribution in [2.24, 2.45) is 0 Å². The lowest BCUT2D eigenvalue weighted by atomic mass is 10.1. The van der Waals surface area contributed by atoms with Gasteiger partial charge in [0.2, 0.25) is 0 Å². The van der Waals surface area contributed by atoms with E-state index in [9.17, 15) is 13.6 Å². The molecule has 0 spiro atoms. The Labute approximate surface area is 62.7 Å². The van der Waals surface area contributed by atoms with Crippen LogP contribution in [0.5, 0.6) is 0 Å². The number of rotatable bonds is 2. The van der Waals surface area contributed by atoms with Gasteiger partial charge in [-0.3, -0.25) is 4.79 Å². The Morgan fingerprint density at radius 1 is 1.36 bits per heavy atom. The molecular weight excluding hydrogens is 150 g/mol. The third-order valence-corrected chi connectivity index (χ3v) is 1.37. The Morgan fingerprint density at radius 3 is 2.45 bits per heavy atom. The summed E-state index contributed by atoms with van der Waals surface area (Å²) in [6, 6.07) is 4.11. The van der Waals surface area contributed by atoms with Gasteiger partial charge >= 0.3 is 6.04 Å². The molecule has 0 aliphatic rings. The molecule has 0 heterocycles. The molecule has 0 saturated carbocycles. The molecule has 0 N–H and O–H groups in total. The van der Waals surface area contributed by atoms with Crippen LogP contribution in [0, 0.1) is 0 Å². The molecule has 1 aromatic rings. The number of hydrogen-bond donors (Lipinski definition) is 0. The van der Waals surface area contributed by atoms with Crippen molar-refractivity contribution >= 4 is 6.04 Å². The van der Waals surface area contributed by atoms with Crippen molar-refractivity contribution < 1.29 is 13.6 Å². The molecule has 58 valence electrons. The number of benzene rings is 1. The van der Waals surface area contributed by atoms with E-state index < -0.39 is 12.7 Å². The number of carbonyl (C=O) groups is 1. The fourth-order valence-corrected chi connectivity index (χ4v) is 0.829. The molecule has 0 aromatic heterocycles. The van der Waals surface area contributed by atoms with E-state index in [0.717, 1.165) is 0 Å². The molecule has 11 heavy (non-hydrogen) atoms. The van der Waals surface area contributed by atoms with Gasteiger partial charge in [-0.1, -0.05) is 18.2 Å². The molecule has 0 aliphatic carbocycles. The molecule has 1 nitrogen and oxygen atoms in total. The van der Waals surface area contributed by atoms with Gasteiger partial charge in [-0.05, 0) is 11.6 Å². The van der Waals surface area contributed by atoms with Crippen LogP contribution in [-0.2, 0) is 6.67 Å². The average Bonchev–Trinajstić information content (AvgIpc) is 2.04. The Hall–Kier alpha value is -1.25. The Morgan fingerprint density at radius 2 is 2.00 bits per heavy atom. The maximum absolute atomic E-state index is 12.1. The van der Waals surface area contributed by atoms with Crippen LogP contribution >= 0.6 is 0 Å². The van der Waals surface area contributed by atoms with Crippen molar-refractivity contribution in [1.82, 2.24) is 0 Å². The summed E-state index contributed by atoms with van der Waals surface area (Å²) in [5.41, 5.74) is -0.0880. The fraction of sp³-hybridized carbons (Fsp3) is 0.125. The highest BCUT2D eigenvalue weighted by atomic mass is 19.1. The second-order valence-corrected chi connectivity index (χ2v) is 2.06. The van der Waals surface area contributed by atoms with Crippen molar-refractivity contribution in [3.63, 3.8) is 0 Å². The summed E-state index contributed by atoms with van der Waals surface area (Å²) in [6.07, 6.45) is 0. The monoisotopic (exact) mass is 156 g/mol. The first-order valence-corrected chi connectivity index (χ1v) is 3.09. The lowest BCUT2D eigenvalue weighted by Gasteiger charge is -1.97. The van der Waals surface area contributed by atoms with Crippen molar-refractivity contribution in [2.45, 2.75) is 6.67 Å². The first-order chi connectivity index (χ1) is 5.25. The molecule has 0 atom stereocenters. The van der Waals surface area contributed by atoms with Gasteiger partial charge in [-0.15, -0.1) is 0 Å². The smallest absolute Gasteiger partial charge is 0.255 e.